The molecule has 2 heterocycles. The summed E-state index contributed by atoms with van der Waals surface area (Å²) >= 11 is 1.37. The summed E-state index contributed by atoms with van der Waals surface area (Å²) in [7, 11) is 0. The van der Waals surface area contributed by atoms with Crippen molar-refractivity contribution in [1.82, 2.24) is 14.9 Å². The minimum atomic E-state index is -0.233. The monoisotopic (exact) mass is 409 g/mol. The third-order valence-electron chi connectivity index (χ3n) is 4.79. The third kappa shape index (κ3) is 4.07. The first-order chi connectivity index (χ1) is 14.2. The summed E-state index contributed by atoms with van der Waals surface area (Å²) in [5.74, 6) is 7.69. The van der Waals surface area contributed by atoms with Crippen molar-refractivity contribution in [2.75, 3.05) is 23.9 Å². The number of anilines is 1. The second kappa shape index (κ2) is 8.57. The fourth-order valence-corrected chi connectivity index (χ4v) is 4.42. The zero-order valence-corrected chi connectivity index (χ0v) is 17.0. The van der Waals surface area contributed by atoms with Crippen molar-refractivity contribution in [2.45, 2.75) is 30.2 Å². The van der Waals surface area contributed by atoms with E-state index >= 15 is 0 Å². The summed E-state index contributed by atoms with van der Waals surface area (Å²) in [4.78, 5) is 14.8. The molecule has 0 bridgehead atoms. The summed E-state index contributed by atoms with van der Waals surface area (Å²) in [5, 5.41) is 8.75. The van der Waals surface area contributed by atoms with Crippen LogP contribution in [0.4, 0.5) is 5.69 Å². The SMILES string of the molecule is CCOc1ccc(-c2nnc(SC3CCCN(c4ccccc4)C3=O)n2N)cc1. The van der Waals surface area contributed by atoms with E-state index < -0.39 is 0 Å². The lowest BCUT2D eigenvalue weighted by molar-refractivity contribution is -0.119. The molecule has 3 aromatic rings. The maximum Gasteiger partial charge on any atom is 0.240 e. The summed E-state index contributed by atoms with van der Waals surface area (Å²) in [5.41, 5.74) is 1.77. The van der Waals surface area contributed by atoms with Gasteiger partial charge >= 0.3 is 0 Å². The Morgan fingerprint density at radius 3 is 2.62 bits per heavy atom. The number of carbonyl (C=O) groups is 1. The van der Waals surface area contributed by atoms with Gasteiger partial charge in [-0.05, 0) is 56.2 Å². The highest BCUT2D eigenvalue weighted by Crippen LogP contribution is 2.32. The van der Waals surface area contributed by atoms with Crippen molar-refractivity contribution in [3.63, 3.8) is 0 Å². The fraction of sp³-hybridized carbons (Fsp3) is 0.286. The quantitative estimate of drug-likeness (QED) is 0.629. The average Bonchev–Trinajstić information content (AvgIpc) is 3.11. The number of rotatable bonds is 6. The number of nitrogen functional groups attached to an aromatic ring is 1. The van der Waals surface area contributed by atoms with Gasteiger partial charge in [-0.2, -0.15) is 0 Å². The maximum absolute atomic E-state index is 13.0. The molecule has 0 radical (unpaired) electrons. The standard InChI is InChI=1S/C21H23N5O2S/c1-2-28-17-12-10-15(11-13-17)19-23-24-21(26(19)22)29-18-9-6-14-25(20(18)27)16-7-4-3-5-8-16/h3-5,7-8,10-13,18H,2,6,9,14,22H2,1H3. The van der Waals surface area contributed by atoms with Gasteiger partial charge in [0, 0.05) is 17.8 Å². The second-order valence-corrected chi connectivity index (χ2v) is 7.88. The number of nitrogens with zero attached hydrogens (tertiary/aromatic N) is 4. The highest BCUT2D eigenvalue weighted by molar-refractivity contribution is 8.00. The molecule has 8 heteroatoms. The van der Waals surface area contributed by atoms with Crippen molar-refractivity contribution in [3.05, 3.63) is 54.6 Å². The van der Waals surface area contributed by atoms with Crippen LogP contribution < -0.4 is 15.5 Å². The summed E-state index contributed by atoms with van der Waals surface area (Å²) in [6, 6.07) is 17.3. The van der Waals surface area contributed by atoms with Crippen molar-refractivity contribution in [1.29, 1.82) is 0 Å². The van der Waals surface area contributed by atoms with Gasteiger partial charge in [-0.15, -0.1) is 10.2 Å². The van der Waals surface area contributed by atoms with E-state index in [4.69, 9.17) is 10.6 Å². The first-order valence-corrected chi connectivity index (χ1v) is 10.5. The molecule has 1 unspecified atom stereocenters. The minimum absolute atomic E-state index is 0.0815. The molecule has 1 saturated heterocycles. The molecule has 150 valence electrons. The summed E-state index contributed by atoms with van der Waals surface area (Å²) in [6.07, 6.45) is 1.72. The van der Waals surface area contributed by atoms with Crippen LogP contribution in [0.5, 0.6) is 5.75 Å². The molecule has 2 aromatic carbocycles. The van der Waals surface area contributed by atoms with E-state index in [-0.39, 0.29) is 11.2 Å². The number of piperidine rings is 1. The molecule has 1 atom stereocenters. The van der Waals surface area contributed by atoms with Gasteiger partial charge < -0.3 is 15.5 Å². The molecule has 1 aromatic heterocycles. The zero-order chi connectivity index (χ0) is 20.2. The number of benzene rings is 2. The maximum atomic E-state index is 13.0. The van der Waals surface area contributed by atoms with E-state index in [1.165, 1.54) is 16.4 Å². The number of carbonyl (C=O) groups excluding carboxylic acids is 1. The average molecular weight is 410 g/mol. The van der Waals surface area contributed by atoms with Crippen LogP contribution in [-0.4, -0.2) is 39.2 Å². The first-order valence-electron chi connectivity index (χ1n) is 9.64. The lowest BCUT2D eigenvalue weighted by Crippen LogP contribution is -2.43. The predicted octanol–water partition coefficient (Wildman–Crippen LogP) is 3.35. The van der Waals surface area contributed by atoms with Crippen molar-refractivity contribution in [3.8, 4) is 17.1 Å². The molecule has 7 nitrogen and oxygen atoms in total. The number of ether oxygens (including phenoxy) is 1. The van der Waals surface area contributed by atoms with Crippen LogP contribution in [0.15, 0.2) is 59.8 Å². The molecule has 1 aliphatic heterocycles. The Kier molecular flexibility index (Phi) is 5.71. The van der Waals surface area contributed by atoms with Crippen molar-refractivity contribution in [2.24, 2.45) is 0 Å². The topological polar surface area (TPSA) is 86.3 Å². The number of hydrogen-bond acceptors (Lipinski definition) is 6. The minimum Gasteiger partial charge on any atom is -0.494 e. The molecule has 0 aliphatic carbocycles. The van der Waals surface area contributed by atoms with Crippen molar-refractivity contribution >= 4 is 23.4 Å². The van der Waals surface area contributed by atoms with E-state index in [1.807, 2.05) is 66.4 Å². The zero-order valence-electron chi connectivity index (χ0n) is 16.2. The lowest BCUT2D eigenvalue weighted by atomic mass is 10.1. The first kappa shape index (κ1) is 19.3. The highest BCUT2D eigenvalue weighted by atomic mass is 32.2. The molecule has 0 saturated carbocycles. The Hall–Kier alpha value is -3.00. The summed E-state index contributed by atoms with van der Waals surface area (Å²) < 4.78 is 6.92. The lowest BCUT2D eigenvalue weighted by Gasteiger charge is -2.31. The number of nitrogens with two attached hydrogens (primary N) is 1. The van der Waals surface area contributed by atoms with Gasteiger partial charge in [-0.3, -0.25) is 4.79 Å². The van der Waals surface area contributed by atoms with Gasteiger partial charge in [-0.1, -0.05) is 30.0 Å². The Morgan fingerprint density at radius 1 is 1.14 bits per heavy atom. The van der Waals surface area contributed by atoms with Gasteiger partial charge in [0.1, 0.15) is 5.75 Å². The molecule has 0 spiro atoms. The molecular weight excluding hydrogens is 386 g/mol. The van der Waals surface area contributed by atoms with Crippen LogP contribution in [-0.2, 0) is 4.79 Å². The summed E-state index contributed by atoms with van der Waals surface area (Å²) in [6.45, 7) is 3.29. The molecule has 2 N–H and O–H groups in total. The number of para-hydroxylation sites is 1. The number of thioether (sulfide) groups is 1. The molecule has 1 fully saturated rings. The Bertz CT molecular complexity index is 974. The smallest absolute Gasteiger partial charge is 0.240 e. The second-order valence-electron chi connectivity index (χ2n) is 6.71. The van der Waals surface area contributed by atoms with Gasteiger partial charge in [0.2, 0.25) is 11.1 Å². The van der Waals surface area contributed by atoms with E-state index in [1.54, 1.807) is 0 Å². The van der Waals surface area contributed by atoms with Crippen LogP contribution in [0.3, 0.4) is 0 Å². The van der Waals surface area contributed by atoms with Crippen LogP contribution in [0.2, 0.25) is 0 Å². The predicted molar refractivity (Wildman–Crippen MR) is 114 cm³/mol. The molecule has 4 rings (SSSR count). The number of aromatic nitrogens is 3. The molecule has 29 heavy (non-hydrogen) atoms. The Labute approximate surface area is 173 Å². The van der Waals surface area contributed by atoms with E-state index in [9.17, 15) is 4.79 Å². The molecule has 1 amide bonds. The molecule has 1 aliphatic rings. The third-order valence-corrected chi connectivity index (χ3v) is 6.00. The van der Waals surface area contributed by atoms with Gasteiger partial charge in [0.15, 0.2) is 5.82 Å². The molecular formula is C21H23N5O2S. The van der Waals surface area contributed by atoms with E-state index in [0.717, 1.165) is 36.4 Å². The van der Waals surface area contributed by atoms with E-state index in [0.29, 0.717) is 17.6 Å². The van der Waals surface area contributed by atoms with Gasteiger partial charge in [0.05, 0.1) is 11.9 Å². The van der Waals surface area contributed by atoms with Crippen LogP contribution in [0, 0.1) is 0 Å². The normalized spacial score (nSPS) is 16.8. The van der Waals surface area contributed by atoms with Gasteiger partial charge in [-0.25, -0.2) is 4.68 Å². The number of amides is 1. The van der Waals surface area contributed by atoms with Crippen LogP contribution in [0.25, 0.3) is 11.4 Å². The Balaban J connectivity index is 1.50. The van der Waals surface area contributed by atoms with Crippen LogP contribution >= 0.6 is 11.8 Å². The fourth-order valence-electron chi connectivity index (χ4n) is 3.36. The highest BCUT2D eigenvalue weighted by Gasteiger charge is 2.32. The van der Waals surface area contributed by atoms with E-state index in [2.05, 4.69) is 10.2 Å². The van der Waals surface area contributed by atoms with Crippen molar-refractivity contribution < 1.29 is 9.53 Å². The largest absolute Gasteiger partial charge is 0.494 e. The van der Waals surface area contributed by atoms with Gasteiger partial charge in [0.25, 0.3) is 0 Å². The van der Waals surface area contributed by atoms with Crippen LogP contribution in [0.1, 0.15) is 19.8 Å². The number of hydrogen-bond donors (Lipinski definition) is 1. The Morgan fingerprint density at radius 2 is 1.90 bits per heavy atom.